The molecule has 0 saturated carbocycles. The first-order valence-electron chi connectivity index (χ1n) is 24.1. The minimum absolute atomic E-state index is 0.121. The standard InChI is InChI=1S/C53H37N/c1-36-12-11-21-48-47-18-7-8-19-49(47)52(35-51(36)48)41-28-32-44(33-29-41)54(53-34-42-15-5-6-16-45(42)46-17-9-10-20-50(46)53)43-30-26-40(27-31-43)39-24-22-38(23-25-39)37-13-3-2-4-14-37/h2-35H,1H3/i2D,3D,4D,13D,14D,22D,23D,24D,25D,26D,27D,30D,31D. The molecular formula is C53H37N. The molecular weight excluding hydrogens is 651 g/mol. The molecule has 0 radical (unpaired) electrons. The molecule has 1 heteroatoms. The second-order valence-corrected chi connectivity index (χ2v) is 13.2. The zero-order chi connectivity index (χ0) is 47.3. The Morgan fingerprint density at radius 3 is 1.57 bits per heavy atom. The minimum atomic E-state index is -0.769. The van der Waals surface area contributed by atoms with Gasteiger partial charge >= 0.3 is 0 Å². The van der Waals surface area contributed by atoms with Gasteiger partial charge in [-0.15, -0.1) is 0 Å². The number of rotatable bonds is 6. The van der Waals surface area contributed by atoms with Gasteiger partial charge in [-0.05, 0) is 120 Å². The molecule has 0 heterocycles. The van der Waals surface area contributed by atoms with Crippen LogP contribution in [0.5, 0.6) is 0 Å². The van der Waals surface area contributed by atoms with Crippen LogP contribution in [-0.2, 0) is 0 Å². The lowest BCUT2D eigenvalue weighted by molar-refractivity contribution is 1.30. The zero-order valence-corrected chi connectivity index (χ0v) is 29.1. The largest absolute Gasteiger partial charge is 0.310 e. The fraction of sp³-hybridized carbons (Fsp3) is 0.0189. The third-order valence-electron chi connectivity index (χ3n) is 10.0. The number of benzene rings is 10. The van der Waals surface area contributed by atoms with Gasteiger partial charge in [-0.1, -0.05) is 170 Å². The summed E-state index contributed by atoms with van der Waals surface area (Å²) in [4.78, 5) is 1.70. The van der Waals surface area contributed by atoms with Crippen molar-refractivity contribution in [3.05, 3.63) is 212 Å². The average molecular weight is 701 g/mol. The van der Waals surface area contributed by atoms with Crippen molar-refractivity contribution >= 4 is 60.2 Å². The van der Waals surface area contributed by atoms with Gasteiger partial charge < -0.3 is 4.90 Å². The van der Waals surface area contributed by atoms with Gasteiger partial charge in [-0.3, -0.25) is 0 Å². The van der Waals surface area contributed by atoms with E-state index >= 15 is 0 Å². The van der Waals surface area contributed by atoms with Gasteiger partial charge in [-0.2, -0.15) is 0 Å². The Kier molecular flexibility index (Phi) is 5.12. The maximum atomic E-state index is 9.68. The van der Waals surface area contributed by atoms with E-state index in [4.69, 9.17) is 12.3 Å². The van der Waals surface area contributed by atoms with Gasteiger partial charge in [0.2, 0.25) is 0 Å². The molecule has 1 nitrogen and oxygen atoms in total. The van der Waals surface area contributed by atoms with Crippen LogP contribution in [0.15, 0.2) is 206 Å². The molecule has 0 aliphatic rings. The van der Waals surface area contributed by atoms with Crippen molar-refractivity contribution in [2.24, 2.45) is 0 Å². The quantitative estimate of drug-likeness (QED) is 0.156. The van der Waals surface area contributed by atoms with Gasteiger partial charge in [0.05, 0.1) is 23.5 Å². The maximum absolute atomic E-state index is 9.68. The second kappa shape index (κ2) is 13.2. The molecule has 0 spiro atoms. The molecule has 0 fully saturated rings. The number of fused-ring (bicyclic) bond motifs is 6. The first-order chi connectivity index (χ1) is 32.1. The molecule has 0 saturated heterocycles. The molecule has 0 bridgehead atoms. The van der Waals surface area contributed by atoms with E-state index in [1.54, 1.807) is 4.90 Å². The van der Waals surface area contributed by atoms with E-state index in [1.807, 2.05) is 91.0 Å². The molecule has 10 rings (SSSR count). The summed E-state index contributed by atoms with van der Waals surface area (Å²) in [6, 6.07) is 33.1. The Labute approximate surface area is 334 Å². The fourth-order valence-corrected chi connectivity index (χ4v) is 7.40. The van der Waals surface area contributed by atoms with Gasteiger partial charge in [0.1, 0.15) is 0 Å². The monoisotopic (exact) mass is 700 g/mol. The fourth-order valence-electron chi connectivity index (χ4n) is 7.40. The number of aryl methyl sites for hydroxylation is 1. The molecule has 0 aliphatic heterocycles. The maximum Gasteiger partial charge on any atom is 0.0645 e. The molecule has 0 N–H and O–H groups in total. The molecule has 0 unspecified atom stereocenters. The number of hydrogen-bond donors (Lipinski definition) is 0. The van der Waals surface area contributed by atoms with Crippen molar-refractivity contribution < 1.29 is 17.8 Å². The van der Waals surface area contributed by atoms with Gasteiger partial charge in [0.15, 0.2) is 0 Å². The highest BCUT2D eigenvalue weighted by Crippen LogP contribution is 2.44. The van der Waals surface area contributed by atoms with E-state index in [0.29, 0.717) is 11.4 Å². The van der Waals surface area contributed by atoms with E-state index in [0.717, 1.165) is 59.8 Å². The predicted octanol–water partition coefficient (Wildman–Crippen LogP) is 15.1. The number of nitrogens with zero attached hydrogens (tertiary/aromatic N) is 1. The highest BCUT2D eigenvalue weighted by Gasteiger charge is 2.18. The van der Waals surface area contributed by atoms with Crippen LogP contribution >= 0.6 is 0 Å². The molecule has 0 aliphatic carbocycles. The summed E-state index contributed by atoms with van der Waals surface area (Å²) >= 11 is 0. The van der Waals surface area contributed by atoms with Gasteiger partial charge in [0, 0.05) is 16.8 Å². The normalized spacial score (nSPS) is 14.8. The van der Waals surface area contributed by atoms with Crippen LogP contribution < -0.4 is 4.90 Å². The van der Waals surface area contributed by atoms with E-state index < -0.39 is 101 Å². The van der Waals surface area contributed by atoms with Crippen molar-refractivity contribution in [3.63, 3.8) is 0 Å². The molecule has 54 heavy (non-hydrogen) atoms. The number of hydrogen-bond acceptors (Lipinski definition) is 1. The Balaban J connectivity index is 1.21. The summed E-state index contributed by atoms with van der Waals surface area (Å²) in [5.41, 5.74) is 1.94. The Bertz CT molecular complexity index is 3670. The van der Waals surface area contributed by atoms with Crippen molar-refractivity contribution in [1.82, 2.24) is 0 Å². The summed E-state index contributed by atoms with van der Waals surface area (Å²) in [6.07, 6.45) is 0. The summed E-state index contributed by atoms with van der Waals surface area (Å²) in [5, 5.41) is 7.95. The Morgan fingerprint density at radius 2 is 0.889 bits per heavy atom. The van der Waals surface area contributed by atoms with Gasteiger partial charge in [0.25, 0.3) is 0 Å². The first kappa shape index (κ1) is 20.9. The molecule has 254 valence electrons. The van der Waals surface area contributed by atoms with Crippen LogP contribution in [0.1, 0.15) is 23.4 Å². The van der Waals surface area contributed by atoms with E-state index in [1.165, 1.54) is 0 Å². The summed E-state index contributed by atoms with van der Waals surface area (Å²) < 4.78 is 116. The van der Waals surface area contributed by atoms with E-state index in [2.05, 4.69) is 43.3 Å². The van der Waals surface area contributed by atoms with Crippen LogP contribution in [0, 0.1) is 6.92 Å². The third-order valence-corrected chi connectivity index (χ3v) is 10.0. The zero-order valence-electron chi connectivity index (χ0n) is 42.1. The van der Waals surface area contributed by atoms with Crippen LogP contribution in [0.25, 0.3) is 76.5 Å². The van der Waals surface area contributed by atoms with Crippen molar-refractivity contribution in [2.45, 2.75) is 6.92 Å². The predicted molar refractivity (Wildman–Crippen MR) is 232 cm³/mol. The Morgan fingerprint density at radius 1 is 0.370 bits per heavy atom. The summed E-state index contributed by atoms with van der Waals surface area (Å²) in [7, 11) is 0. The lowest BCUT2D eigenvalue weighted by Gasteiger charge is -2.28. The van der Waals surface area contributed by atoms with E-state index in [-0.39, 0.29) is 5.69 Å². The molecule has 0 atom stereocenters. The van der Waals surface area contributed by atoms with Gasteiger partial charge in [-0.25, -0.2) is 0 Å². The number of anilines is 3. The Hall–Kier alpha value is -6.96. The SMILES string of the molecule is [2H]c1c([2H])c([2H])c(-c2c([2H])c([2H])c(-c3c([2H])c([2H])c(N(c4ccc(-c5cc6c(C)cccc6c6ccccc56)cc4)c4cc5ccccc5c5ccccc45)c([2H])c3[2H])c([2H])c2[2H])c([2H])c1[2H]. The first-order valence-corrected chi connectivity index (χ1v) is 17.6. The van der Waals surface area contributed by atoms with Crippen LogP contribution in [0.2, 0.25) is 0 Å². The highest BCUT2D eigenvalue weighted by atomic mass is 15.1. The summed E-state index contributed by atoms with van der Waals surface area (Å²) in [6.45, 7) is 2.09. The van der Waals surface area contributed by atoms with Crippen LogP contribution in [-0.4, -0.2) is 0 Å². The van der Waals surface area contributed by atoms with Crippen LogP contribution in [0.3, 0.4) is 0 Å². The molecule has 10 aromatic rings. The lowest BCUT2D eigenvalue weighted by atomic mass is 9.91. The molecule has 0 amide bonds. The molecule has 0 aromatic heterocycles. The van der Waals surface area contributed by atoms with E-state index in [9.17, 15) is 5.48 Å². The second-order valence-electron chi connectivity index (χ2n) is 13.2. The van der Waals surface area contributed by atoms with Crippen molar-refractivity contribution in [2.75, 3.05) is 4.90 Å². The highest BCUT2D eigenvalue weighted by molar-refractivity contribution is 6.16. The van der Waals surface area contributed by atoms with Crippen molar-refractivity contribution in [3.8, 4) is 33.4 Å². The van der Waals surface area contributed by atoms with Crippen molar-refractivity contribution in [1.29, 1.82) is 0 Å². The summed E-state index contributed by atoms with van der Waals surface area (Å²) in [5.74, 6) is 0. The third kappa shape index (κ3) is 5.50. The average Bonchev–Trinajstić information content (AvgIpc) is 3.34. The van der Waals surface area contributed by atoms with Crippen LogP contribution in [0.4, 0.5) is 17.1 Å². The lowest BCUT2D eigenvalue weighted by Crippen LogP contribution is -2.10. The minimum Gasteiger partial charge on any atom is -0.310 e. The smallest absolute Gasteiger partial charge is 0.0645 e. The molecule has 10 aromatic carbocycles. The topological polar surface area (TPSA) is 3.24 Å².